The van der Waals surface area contributed by atoms with Crippen LogP contribution in [0.2, 0.25) is 0 Å². The van der Waals surface area contributed by atoms with E-state index >= 15 is 0 Å². The van der Waals surface area contributed by atoms with Crippen molar-refractivity contribution in [1.29, 1.82) is 5.26 Å². The van der Waals surface area contributed by atoms with Gasteiger partial charge in [-0.2, -0.15) is 5.26 Å². The van der Waals surface area contributed by atoms with Gasteiger partial charge in [-0.05, 0) is 24.3 Å². The molecule has 2 heterocycles. The van der Waals surface area contributed by atoms with Crippen molar-refractivity contribution in [1.82, 2.24) is 14.9 Å². The number of nitrogens with one attached hydrogen (secondary N) is 1. The SMILES string of the molecule is N#CC(=C(O)COC(=O)CCN1C(=O)c2ccccc2C1=O)c1nc2ccccc2[nH]1. The third kappa shape index (κ3) is 3.74. The minimum atomic E-state index is -0.731. The van der Waals surface area contributed by atoms with Gasteiger partial charge in [0.15, 0.2) is 11.6 Å². The van der Waals surface area contributed by atoms with Crippen molar-refractivity contribution in [3.05, 3.63) is 71.2 Å². The van der Waals surface area contributed by atoms with Gasteiger partial charge in [0, 0.05) is 6.54 Å². The van der Waals surface area contributed by atoms with Gasteiger partial charge in [0.2, 0.25) is 0 Å². The van der Waals surface area contributed by atoms with Crippen LogP contribution < -0.4 is 0 Å². The lowest BCUT2D eigenvalue weighted by Crippen LogP contribution is -2.32. The van der Waals surface area contributed by atoms with Crippen molar-refractivity contribution >= 4 is 34.4 Å². The Balaban J connectivity index is 1.37. The monoisotopic (exact) mass is 416 g/mol. The standard InChI is InChI=1S/C22H16N4O5/c23-11-15(20-24-16-7-3-4-8-17(16)25-20)18(27)12-31-19(28)9-10-26-21(29)13-5-1-2-6-14(13)22(26)30/h1-8,27H,9-10,12H2,(H,24,25). The van der Waals surface area contributed by atoms with E-state index in [0.717, 1.165) is 4.90 Å². The zero-order valence-electron chi connectivity index (χ0n) is 16.2. The quantitative estimate of drug-likeness (QED) is 0.273. The Morgan fingerprint density at radius 2 is 1.74 bits per heavy atom. The zero-order valence-corrected chi connectivity index (χ0v) is 16.2. The molecule has 0 spiro atoms. The molecule has 0 fully saturated rings. The molecule has 0 atom stereocenters. The van der Waals surface area contributed by atoms with Crippen LogP contribution in [-0.4, -0.2) is 50.9 Å². The molecule has 4 rings (SSSR count). The molecule has 0 aliphatic carbocycles. The molecule has 2 N–H and O–H groups in total. The average molecular weight is 416 g/mol. The highest BCUT2D eigenvalue weighted by atomic mass is 16.5. The second kappa shape index (κ2) is 8.12. The molecule has 1 aromatic heterocycles. The number of aromatic nitrogens is 2. The van der Waals surface area contributed by atoms with Crippen molar-refractivity contribution in [3.63, 3.8) is 0 Å². The summed E-state index contributed by atoms with van der Waals surface area (Å²) in [6, 6.07) is 15.4. The maximum atomic E-state index is 12.3. The number of hydrogen-bond acceptors (Lipinski definition) is 7. The Hall–Kier alpha value is -4.45. The number of aromatic amines is 1. The highest BCUT2D eigenvalue weighted by molar-refractivity contribution is 6.21. The van der Waals surface area contributed by atoms with Crippen molar-refractivity contribution in [2.24, 2.45) is 0 Å². The van der Waals surface area contributed by atoms with Crippen molar-refractivity contribution in [2.45, 2.75) is 6.42 Å². The lowest BCUT2D eigenvalue weighted by atomic mass is 10.1. The molecule has 0 unspecified atom stereocenters. The van der Waals surface area contributed by atoms with Crippen molar-refractivity contribution in [2.75, 3.05) is 13.2 Å². The number of hydrogen-bond donors (Lipinski definition) is 2. The number of carbonyl (C=O) groups is 3. The third-order valence-electron chi connectivity index (χ3n) is 4.81. The summed E-state index contributed by atoms with van der Waals surface area (Å²) in [5, 5.41) is 19.6. The van der Waals surface area contributed by atoms with Crippen LogP contribution in [0.1, 0.15) is 33.0 Å². The first-order chi connectivity index (χ1) is 15.0. The molecule has 0 radical (unpaired) electrons. The molecule has 9 heteroatoms. The highest BCUT2D eigenvalue weighted by Gasteiger charge is 2.35. The normalized spacial score (nSPS) is 13.7. The predicted molar refractivity (Wildman–Crippen MR) is 109 cm³/mol. The molecule has 1 aliphatic heterocycles. The van der Waals surface area contributed by atoms with E-state index in [-0.39, 0.29) is 24.4 Å². The highest BCUT2D eigenvalue weighted by Crippen LogP contribution is 2.23. The maximum Gasteiger partial charge on any atom is 0.308 e. The van der Waals surface area contributed by atoms with Gasteiger partial charge in [0.05, 0.1) is 28.6 Å². The number of ether oxygens (including phenoxy) is 1. The van der Waals surface area contributed by atoms with Gasteiger partial charge in [-0.3, -0.25) is 19.3 Å². The number of para-hydroxylation sites is 2. The molecule has 31 heavy (non-hydrogen) atoms. The largest absolute Gasteiger partial charge is 0.507 e. The van der Waals surface area contributed by atoms with Gasteiger partial charge in [-0.25, -0.2) is 4.98 Å². The van der Waals surface area contributed by atoms with E-state index in [2.05, 4.69) is 9.97 Å². The number of esters is 1. The molecular formula is C22H16N4O5. The summed E-state index contributed by atoms with van der Waals surface area (Å²) in [6.45, 7) is -0.689. The molecule has 9 nitrogen and oxygen atoms in total. The number of carbonyl (C=O) groups excluding carboxylic acids is 3. The number of imide groups is 1. The molecule has 154 valence electrons. The summed E-state index contributed by atoms with van der Waals surface area (Å²) < 4.78 is 5.00. The van der Waals surface area contributed by atoms with Crippen LogP contribution in [0.3, 0.4) is 0 Å². The number of aliphatic hydroxyl groups excluding tert-OH is 1. The van der Waals surface area contributed by atoms with E-state index < -0.39 is 30.1 Å². The van der Waals surface area contributed by atoms with Gasteiger partial charge < -0.3 is 14.8 Å². The fraction of sp³-hybridized carbons (Fsp3) is 0.136. The lowest BCUT2D eigenvalue weighted by molar-refractivity contribution is -0.143. The lowest BCUT2D eigenvalue weighted by Gasteiger charge is -2.13. The maximum absolute atomic E-state index is 12.3. The first kappa shape index (κ1) is 19.8. The van der Waals surface area contributed by atoms with E-state index in [1.165, 1.54) is 0 Å². The summed E-state index contributed by atoms with van der Waals surface area (Å²) in [6.07, 6.45) is -0.245. The van der Waals surface area contributed by atoms with Gasteiger partial charge in [0.25, 0.3) is 11.8 Å². The van der Waals surface area contributed by atoms with Crippen LogP contribution in [0.5, 0.6) is 0 Å². The van der Waals surface area contributed by atoms with E-state index in [0.29, 0.717) is 22.2 Å². The molecule has 0 saturated heterocycles. The van der Waals surface area contributed by atoms with E-state index in [9.17, 15) is 24.8 Å². The van der Waals surface area contributed by atoms with E-state index in [1.807, 2.05) is 6.07 Å². The number of rotatable bonds is 6. The van der Waals surface area contributed by atoms with Crippen LogP contribution in [0, 0.1) is 11.3 Å². The van der Waals surface area contributed by atoms with Gasteiger partial charge >= 0.3 is 5.97 Å². The number of nitriles is 1. The first-order valence-electron chi connectivity index (χ1n) is 9.37. The van der Waals surface area contributed by atoms with Crippen LogP contribution in [-0.2, 0) is 9.53 Å². The molecular weight excluding hydrogens is 400 g/mol. The Kier molecular flexibility index (Phi) is 5.20. The van der Waals surface area contributed by atoms with Crippen molar-refractivity contribution in [3.8, 4) is 6.07 Å². The van der Waals surface area contributed by atoms with E-state index in [4.69, 9.17) is 4.74 Å². The number of aliphatic hydroxyl groups is 1. The number of fused-ring (bicyclic) bond motifs is 2. The second-order valence-electron chi connectivity index (χ2n) is 6.75. The molecule has 0 bridgehead atoms. The Morgan fingerprint density at radius 1 is 1.10 bits per heavy atom. The fourth-order valence-corrected chi connectivity index (χ4v) is 3.26. The summed E-state index contributed by atoms with van der Waals surface area (Å²) >= 11 is 0. The van der Waals surface area contributed by atoms with Crippen LogP contribution >= 0.6 is 0 Å². The van der Waals surface area contributed by atoms with Crippen LogP contribution in [0.15, 0.2) is 54.3 Å². The summed E-state index contributed by atoms with van der Waals surface area (Å²) in [4.78, 5) is 44.8. The Bertz CT molecular complexity index is 1220. The number of H-pyrrole nitrogens is 1. The average Bonchev–Trinajstić information content (AvgIpc) is 3.31. The number of benzene rings is 2. The molecule has 1 aliphatic rings. The predicted octanol–water partition coefficient (Wildman–Crippen LogP) is 2.59. The second-order valence-corrected chi connectivity index (χ2v) is 6.75. The number of imidazole rings is 1. The smallest absolute Gasteiger partial charge is 0.308 e. The number of nitrogens with zero attached hydrogens (tertiary/aromatic N) is 3. The minimum Gasteiger partial charge on any atom is -0.507 e. The van der Waals surface area contributed by atoms with E-state index in [1.54, 1.807) is 48.5 Å². The van der Waals surface area contributed by atoms with Crippen LogP contribution in [0.25, 0.3) is 16.6 Å². The Morgan fingerprint density at radius 3 is 2.39 bits per heavy atom. The third-order valence-corrected chi connectivity index (χ3v) is 4.81. The van der Waals surface area contributed by atoms with Crippen molar-refractivity contribution < 1.29 is 24.2 Å². The summed E-state index contributed by atoms with van der Waals surface area (Å²) in [5.41, 5.74) is 1.76. The molecule has 2 aromatic carbocycles. The van der Waals surface area contributed by atoms with Crippen LogP contribution in [0.4, 0.5) is 0 Å². The molecule has 0 saturated carbocycles. The number of allylic oxidation sites excluding steroid dienone is 1. The minimum absolute atomic E-state index is 0.148. The zero-order chi connectivity index (χ0) is 22.0. The topological polar surface area (TPSA) is 136 Å². The summed E-state index contributed by atoms with van der Waals surface area (Å²) in [5.74, 6) is -1.97. The number of amides is 2. The van der Waals surface area contributed by atoms with Gasteiger partial charge in [0.1, 0.15) is 18.2 Å². The van der Waals surface area contributed by atoms with Gasteiger partial charge in [-0.15, -0.1) is 0 Å². The molecule has 3 aromatic rings. The fourth-order valence-electron chi connectivity index (χ4n) is 3.26. The molecule has 2 amide bonds. The first-order valence-corrected chi connectivity index (χ1v) is 9.37. The van der Waals surface area contributed by atoms with Gasteiger partial charge in [-0.1, -0.05) is 24.3 Å². The Labute approximate surface area is 176 Å². The summed E-state index contributed by atoms with van der Waals surface area (Å²) in [7, 11) is 0.